The summed E-state index contributed by atoms with van der Waals surface area (Å²) in [6, 6.07) is 3.85. The van der Waals surface area contributed by atoms with Crippen molar-refractivity contribution in [3.63, 3.8) is 0 Å². The molecule has 0 unspecified atom stereocenters. The summed E-state index contributed by atoms with van der Waals surface area (Å²) in [6.07, 6.45) is 5.54. The van der Waals surface area contributed by atoms with Gasteiger partial charge in [-0.25, -0.2) is 0 Å². The predicted octanol–water partition coefficient (Wildman–Crippen LogP) is 1.67. The first-order valence-electron chi connectivity index (χ1n) is 5.95. The summed E-state index contributed by atoms with van der Waals surface area (Å²) in [5.74, 6) is 1.26. The molecular formula is C13H17N3O. The number of nitrogens with zero attached hydrogens (tertiary/aromatic N) is 3. The van der Waals surface area contributed by atoms with Crippen LogP contribution in [0.3, 0.4) is 0 Å². The van der Waals surface area contributed by atoms with Crippen LogP contribution in [0.15, 0.2) is 18.5 Å². The first-order chi connectivity index (χ1) is 8.29. The van der Waals surface area contributed by atoms with Crippen molar-refractivity contribution >= 4 is 0 Å². The van der Waals surface area contributed by atoms with E-state index in [1.807, 2.05) is 0 Å². The molecule has 0 N–H and O–H groups in total. The standard InChI is InChI=1S/C13H17N3O/c1-16-6-3-11(4-7-16)10-17-13-2-5-15-9-12(13)8-14/h2,5,9,11H,3-4,6-7,10H2,1H3. The molecule has 0 radical (unpaired) electrons. The summed E-state index contributed by atoms with van der Waals surface area (Å²) < 4.78 is 5.72. The van der Waals surface area contributed by atoms with Gasteiger partial charge in [-0.15, -0.1) is 0 Å². The van der Waals surface area contributed by atoms with Gasteiger partial charge in [-0.1, -0.05) is 0 Å². The van der Waals surface area contributed by atoms with E-state index in [0.717, 1.165) is 13.1 Å². The maximum Gasteiger partial charge on any atom is 0.140 e. The second-order valence-corrected chi connectivity index (χ2v) is 4.54. The number of pyridine rings is 1. The van der Waals surface area contributed by atoms with E-state index >= 15 is 0 Å². The number of hydrogen-bond donors (Lipinski definition) is 0. The van der Waals surface area contributed by atoms with Crippen LogP contribution in [0.2, 0.25) is 0 Å². The summed E-state index contributed by atoms with van der Waals surface area (Å²) in [6.45, 7) is 2.97. The summed E-state index contributed by atoms with van der Waals surface area (Å²) in [5.41, 5.74) is 0.514. The van der Waals surface area contributed by atoms with Gasteiger partial charge in [0.25, 0.3) is 0 Å². The lowest BCUT2D eigenvalue weighted by molar-refractivity contribution is 0.160. The fourth-order valence-corrected chi connectivity index (χ4v) is 2.03. The van der Waals surface area contributed by atoms with Crippen LogP contribution in [0.4, 0.5) is 0 Å². The lowest BCUT2D eigenvalue weighted by atomic mass is 9.98. The normalized spacial score (nSPS) is 17.6. The maximum atomic E-state index is 8.91. The van der Waals surface area contributed by atoms with Crippen molar-refractivity contribution in [3.05, 3.63) is 24.0 Å². The van der Waals surface area contributed by atoms with Crippen LogP contribution in [-0.4, -0.2) is 36.6 Å². The van der Waals surface area contributed by atoms with E-state index in [4.69, 9.17) is 10.00 Å². The molecule has 4 heteroatoms. The molecule has 0 saturated carbocycles. The zero-order valence-electron chi connectivity index (χ0n) is 10.1. The van der Waals surface area contributed by atoms with Crippen molar-refractivity contribution in [2.45, 2.75) is 12.8 Å². The van der Waals surface area contributed by atoms with E-state index in [0.29, 0.717) is 23.8 Å². The van der Waals surface area contributed by atoms with Crippen LogP contribution in [0.1, 0.15) is 18.4 Å². The lowest BCUT2D eigenvalue weighted by Gasteiger charge is -2.28. The Hall–Kier alpha value is -1.60. The van der Waals surface area contributed by atoms with E-state index in [-0.39, 0.29) is 0 Å². The smallest absolute Gasteiger partial charge is 0.140 e. The highest BCUT2D eigenvalue weighted by Gasteiger charge is 2.17. The molecule has 17 heavy (non-hydrogen) atoms. The fourth-order valence-electron chi connectivity index (χ4n) is 2.03. The molecule has 1 fully saturated rings. The van der Waals surface area contributed by atoms with Gasteiger partial charge >= 0.3 is 0 Å². The van der Waals surface area contributed by atoms with Crippen LogP contribution in [0.25, 0.3) is 0 Å². The molecule has 4 nitrogen and oxygen atoms in total. The van der Waals surface area contributed by atoms with Gasteiger partial charge in [-0.3, -0.25) is 4.98 Å². The molecule has 2 heterocycles. The maximum absolute atomic E-state index is 8.91. The predicted molar refractivity (Wildman–Crippen MR) is 64.7 cm³/mol. The van der Waals surface area contributed by atoms with Gasteiger partial charge in [0, 0.05) is 12.4 Å². The van der Waals surface area contributed by atoms with E-state index in [2.05, 4.69) is 23.0 Å². The second kappa shape index (κ2) is 5.65. The topological polar surface area (TPSA) is 49.1 Å². The largest absolute Gasteiger partial charge is 0.492 e. The van der Waals surface area contributed by atoms with Crippen LogP contribution in [-0.2, 0) is 0 Å². The highest BCUT2D eigenvalue weighted by molar-refractivity contribution is 5.39. The quantitative estimate of drug-likeness (QED) is 0.794. The molecular weight excluding hydrogens is 214 g/mol. The number of nitriles is 1. The molecule has 1 aliphatic heterocycles. The number of ether oxygens (including phenoxy) is 1. The van der Waals surface area contributed by atoms with Gasteiger partial charge in [0.05, 0.1) is 6.61 Å². The summed E-state index contributed by atoms with van der Waals surface area (Å²) >= 11 is 0. The number of piperidine rings is 1. The third-order valence-electron chi connectivity index (χ3n) is 3.21. The molecule has 0 bridgehead atoms. The lowest BCUT2D eigenvalue weighted by Crippen LogP contribution is -2.32. The Kier molecular flexibility index (Phi) is 3.94. The molecule has 0 atom stereocenters. The summed E-state index contributed by atoms with van der Waals surface area (Å²) in [7, 11) is 2.15. The van der Waals surface area contributed by atoms with E-state index in [9.17, 15) is 0 Å². The van der Waals surface area contributed by atoms with Crippen LogP contribution in [0, 0.1) is 17.2 Å². The van der Waals surface area contributed by atoms with Gasteiger partial charge in [0.1, 0.15) is 17.4 Å². The molecule has 0 aromatic carbocycles. The number of rotatable bonds is 3. The molecule has 0 spiro atoms. The van der Waals surface area contributed by atoms with Crippen LogP contribution in [0.5, 0.6) is 5.75 Å². The third-order valence-corrected chi connectivity index (χ3v) is 3.21. The van der Waals surface area contributed by atoms with Crippen molar-refractivity contribution in [1.82, 2.24) is 9.88 Å². The molecule has 1 aromatic heterocycles. The Morgan fingerprint density at radius 3 is 3.00 bits per heavy atom. The molecule has 0 aliphatic carbocycles. The Balaban J connectivity index is 1.88. The number of aromatic nitrogens is 1. The highest BCUT2D eigenvalue weighted by atomic mass is 16.5. The van der Waals surface area contributed by atoms with Gasteiger partial charge < -0.3 is 9.64 Å². The minimum Gasteiger partial charge on any atom is -0.492 e. The fraction of sp³-hybridized carbons (Fsp3) is 0.538. The Morgan fingerprint density at radius 2 is 2.29 bits per heavy atom. The van der Waals surface area contributed by atoms with Crippen molar-refractivity contribution in [2.24, 2.45) is 5.92 Å². The van der Waals surface area contributed by atoms with Gasteiger partial charge in [-0.05, 0) is 45.0 Å². The molecule has 0 amide bonds. The molecule has 90 valence electrons. The average Bonchev–Trinajstić information content (AvgIpc) is 2.38. The first kappa shape index (κ1) is 11.9. The zero-order chi connectivity index (χ0) is 12.1. The molecule has 1 saturated heterocycles. The van der Waals surface area contributed by atoms with Crippen molar-refractivity contribution < 1.29 is 4.74 Å². The monoisotopic (exact) mass is 231 g/mol. The van der Waals surface area contributed by atoms with Crippen molar-refractivity contribution in [2.75, 3.05) is 26.7 Å². The minimum atomic E-state index is 0.514. The van der Waals surface area contributed by atoms with Crippen molar-refractivity contribution in [1.29, 1.82) is 5.26 Å². The van der Waals surface area contributed by atoms with E-state index < -0.39 is 0 Å². The van der Waals surface area contributed by atoms with Crippen LogP contribution < -0.4 is 4.74 Å². The summed E-state index contributed by atoms with van der Waals surface area (Å²) in [4.78, 5) is 6.25. The van der Waals surface area contributed by atoms with Crippen molar-refractivity contribution in [3.8, 4) is 11.8 Å². The first-order valence-corrected chi connectivity index (χ1v) is 5.95. The second-order valence-electron chi connectivity index (χ2n) is 4.54. The summed E-state index contributed by atoms with van der Waals surface area (Å²) in [5, 5.41) is 8.91. The van der Waals surface area contributed by atoms with Gasteiger partial charge in [0.2, 0.25) is 0 Å². The van der Waals surface area contributed by atoms with E-state index in [1.54, 1.807) is 18.5 Å². The zero-order valence-corrected chi connectivity index (χ0v) is 10.1. The Labute approximate surface area is 102 Å². The highest BCUT2D eigenvalue weighted by Crippen LogP contribution is 2.20. The minimum absolute atomic E-state index is 0.514. The average molecular weight is 231 g/mol. The SMILES string of the molecule is CN1CCC(COc2ccncc2C#N)CC1. The van der Waals surface area contributed by atoms with E-state index in [1.165, 1.54) is 12.8 Å². The number of likely N-dealkylation sites (tertiary alicyclic amines) is 1. The van der Waals surface area contributed by atoms with Gasteiger partial charge in [0.15, 0.2) is 0 Å². The number of hydrogen-bond acceptors (Lipinski definition) is 4. The Bertz CT molecular complexity index is 405. The van der Waals surface area contributed by atoms with Crippen LogP contribution >= 0.6 is 0 Å². The Morgan fingerprint density at radius 1 is 1.53 bits per heavy atom. The third kappa shape index (κ3) is 3.18. The molecule has 2 rings (SSSR count). The molecule has 1 aromatic rings. The molecule has 1 aliphatic rings. The van der Waals surface area contributed by atoms with Gasteiger partial charge in [-0.2, -0.15) is 5.26 Å².